The van der Waals surface area contributed by atoms with Crippen molar-refractivity contribution in [3.63, 3.8) is 0 Å². The highest BCUT2D eigenvalue weighted by Gasteiger charge is 2.12. The first-order chi connectivity index (χ1) is 7.83. The van der Waals surface area contributed by atoms with Gasteiger partial charge in [-0.15, -0.1) is 0 Å². The Bertz CT molecular complexity index is 515. The van der Waals surface area contributed by atoms with E-state index in [1.807, 2.05) is 18.2 Å². The van der Waals surface area contributed by atoms with Crippen LogP contribution in [0.5, 0.6) is 11.5 Å². The molecule has 2 aromatic carbocycles. The van der Waals surface area contributed by atoms with Gasteiger partial charge in [0.1, 0.15) is 11.5 Å². The minimum absolute atomic E-state index is 0.306. The fourth-order valence-corrected chi connectivity index (χ4v) is 1.84. The van der Waals surface area contributed by atoms with E-state index in [-0.39, 0.29) is 0 Å². The van der Waals surface area contributed by atoms with Gasteiger partial charge in [-0.05, 0) is 24.6 Å². The van der Waals surface area contributed by atoms with Gasteiger partial charge in [0, 0.05) is 11.6 Å². The van der Waals surface area contributed by atoms with E-state index in [4.69, 9.17) is 9.47 Å². The summed E-state index contributed by atoms with van der Waals surface area (Å²) in [7, 11) is 0. The maximum atomic E-state index is 5.48. The molecule has 0 aliphatic carbocycles. The fraction of sp³-hybridized carbons (Fsp3) is 0.143. The Morgan fingerprint density at radius 1 is 0.938 bits per heavy atom. The van der Waals surface area contributed by atoms with Crippen LogP contribution in [0.4, 0.5) is 0 Å². The molecule has 2 bridgehead atoms. The number of benzene rings is 2. The summed E-state index contributed by atoms with van der Waals surface area (Å²) in [6, 6.07) is 14.4. The van der Waals surface area contributed by atoms with Gasteiger partial charge >= 0.3 is 0 Å². The maximum absolute atomic E-state index is 5.48. The molecule has 0 radical (unpaired) electrons. The van der Waals surface area contributed by atoms with Crippen molar-refractivity contribution in [2.45, 2.75) is 6.92 Å². The smallest absolute Gasteiger partial charge is 0.230 e. The monoisotopic (exact) mass is 212 g/mol. The molecule has 16 heavy (non-hydrogen) atoms. The third-order valence-corrected chi connectivity index (χ3v) is 2.76. The second-order valence-electron chi connectivity index (χ2n) is 3.93. The second-order valence-corrected chi connectivity index (χ2v) is 3.93. The zero-order chi connectivity index (χ0) is 11.0. The largest absolute Gasteiger partial charge is 0.457 e. The van der Waals surface area contributed by atoms with Gasteiger partial charge < -0.3 is 9.47 Å². The Kier molecular flexibility index (Phi) is 2.07. The quantitative estimate of drug-likeness (QED) is 0.721. The van der Waals surface area contributed by atoms with Gasteiger partial charge in [0.05, 0.1) is 0 Å². The molecule has 1 aliphatic rings. The van der Waals surface area contributed by atoms with Crippen LogP contribution in [0, 0.1) is 6.92 Å². The summed E-state index contributed by atoms with van der Waals surface area (Å²) in [5.41, 5.74) is 3.55. The minimum atomic E-state index is 0.306. The third-order valence-electron chi connectivity index (χ3n) is 2.76. The van der Waals surface area contributed by atoms with Crippen LogP contribution in [0.15, 0.2) is 42.5 Å². The van der Waals surface area contributed by atoms with E-state index < -0.39 is 0 Å². The van der Waals surface area contributed by atoms with Gasteiger partial charge in [0.2, 0.25) is 6.79 Å². The van der Waals surface area contributed by atoms with Crippen LogP contribution in [-0.2, 0) is 0 Å². The van der Waals surface area contributed by atoms with Gasteiger partial charge in [0.15, 0.2) is 0 Å². The van der Waals surface area contributed by atoms with E-state index in [1.54, 1.807) is 0 Å². The molecular weight excluding hydrogens is 200 g/mol. The molecule has 0 unspecified atom stereocenters. The average molecular weight is 212 g/mol. The Labute approximate surface area is 94.4 Å². The van der Waals surface area contributed by atoms with Crippen LogP contribution in [0.3, 0.4) is 0 Å². The van der Waals surface area contributed by atoms with Gasteiger partial charge in [0.25, 0.3) is 0 Å². The highest BCUT2D eigenvalue weighted by atomic mass is 16.7. The lowest BCUT2D eigenvalue weighted by Crippen LogP contribution is -2.10. The van der Waals surface area contributed by atoms with Crippen molar-refractivity contribution in [1.82, 2.24) is 0 Å². The van der Waals surface area contributed by atoms with Crippen molar-refractivity contribution >= 4 is 0 Å². The highest BCUT2D eigenvalue weighted by molar-refractivity contribution is 5.72. The molecule has 0 fully saturated rings. The van der Waals surface area contributed by atoms with Gasteiger partial charge in [-0.3, -0.25) is 0 Å². The lowest BCUT2D eigenvalue weighted by Gasteiger charge is -2.18. The molecule has 0 saturated carbocycles. The summed E-state index contributed by atoms with van der Waals surface area (Å²) in [4.78, 5) is 0. The highest BCUT2D eigenvalue weighted by Crippen LogP contribution is 2.35. The first-order valence-corrected chi connectivity index (χ1v) is 5.29. The molecule has 2 aromatic rings. The van der Waals surface area contributed by atoms with Gasteiger partial charge in [-0.25, -0.2) is 0 Å². The SMILES string of the molecule is Cc1ccc(-c2ccc3cc2OCO3)cc1. The van der Waals surface area contributed by atoms with E-state index in [0.29, 0.717) is 6.79 Å². The third kappa shape index (κ3) is 1.52. The molecule has 0 amide bonds. The molecular formula is C14H12O2. The fourth-order valence-electron chi connectivity index (χ4n) is 1.84. The normalized spacial score (nSPS) is 12.8. The lowest BCUT2D eigenvalue weighted by molar-refractivity contribution is 0.106. The first-order valence-electron chi connectivity index (χ1n) is 5.29. The molecule has 0 saturated heterocycles. The van der Waals surface area contributed by atoms with Crippen molar-refractivity contribution in [2.24, 2.45) is 0 Å². The van der Waals surface area contributed by atoms with Crippen LogP contribution in [0.1, 0.15) is 5.56 Å². The molecule has 2 nitrogen and oxygen atoms in total. The van der Waals surface area contributed by atoms with Crippen LogP contribution in [0.2, 0.25) is 0 Å². The molecule has 0 atom stereocenters. The number of rotatable bonds is 1. The number of ether oxygens (including phenoxy) is 2. The summed E-state index contributed by atoms with van der Waals surface area (Å²) in [5, 5.41) is 0. The summed E-state index contributed by atoms with van der Waals surface area (Å²) in [6.07, 6.45) is 0. The molecule has 0 spiro atoms. The van der Waals surface area contributed by atoms with E-state index in [9.17, 15) is 0 Å². The summed E-state index contributed by atoms with van der Waals surface area (Å²) in [5.74, 6) is 1.77. The Balaban J connectivity index is 2.10. The predicted octanol–water partition coefficient (Wildman–Crippen LogP) is 3.39. The number of hydrogen-bond donors (Lipinski definition) is 0. The zero-order valence-corrected chi connectivity index (χ0v) is 9.07. The maximum Gasteiger partial charge on any atom is 0.230 e. The Morgan fingerprint density at radius 3 is 2.56 bits per heavy atom. The number of aryl methyl sites for hydroxylation is 1. The first kappa shape index (κ1) is 9.28. The van der Waals surface area contributed by atoms with Crippen LogP contribution in [-0.4, -0.2) is 6.79 Å². The zero-order valence-electron chi connectivity index (χ0n) is 9.07. The van der Waals surface area contributed by atoms with Crippen LogP contribution in [0.25, 0.3) is 11.1 Å². The van der Waals surface area contributed by atoms with Gasteiger partial charge in [-0.2, -0.15) is 0 Å². The molecule has 0 N–H and O–H groups in total. The molecule has 2 heteroatoms. The standard InChI is InChI=1S/C14H12O2/c1-10-2-4-11(5-3-10)13-7-6-12-8-14(13)16-9-15-12/h2-8H,9H2,1H3. The van der Waals surface area contributed by atoms with Gasteiger partial charge in [-0.1, -0.05) is 29.8 Å². The van der Waals surface area contributed by atoms with Crippen LogP contribution < -0.4 is 9.47 Å². The summed E-state index contributed by atoms with van der Waals surface area (Å²) < 4.78 is 10.7. The van der Waals surface area contributed by atoms with Crippen molar-refractivity contribution in [2.75, 3.05) is 6.79 Å². The molecule has 1 heterocycles. The summed E-state index contributed by atoms with van der Waals surface area (Å²) >= 11 is 0. The number of fused-ring (bicyclic) bond motifs is 2. The topological polar surface area (TPSA) is 18.5 Å². The van der Waals surface area contributed by atoms with Crippen molar-refractivity contribution in [1.29, 1.82) is 0 Å². The average Bonchev–Trinajstić information content (AvgIpc) is 2.31. The molecule has 3 rings (SSSR count). The van der Waals surface area contributed by atoms with Crippen molar-refractivity contribution < 1.29 is 9.47 Å². The summed E-state index contributed by atoms with van der Waals surface area (Å²) in [6.45, 7) is 2.39. The van der Waals surface area contributed by atoms with Crippen LogP contribution >= 0.6 is 0 Å². The van der Waals surface area contributed by atoms with Crippen molar-refractivity contribution in [3.05, 3.63) is 48.0 Å². The van der Waals surface area contributed by atoms with E-state index in [1.165, 1.54) is 11.1 Å². The van der Waals surface area contributed by atoms with E-state index in [0.717, 1.165) is 17.1 Å². The number of hydrogen-bond acceptors (Lipinski definition) is 2. The lowest BCUT2D eigenvalue weighted by atomic mass is 10.0. The molecule has 1 aliphatic heterocycles. The molecule has 80 valence electrons. The second kappa shape index (κ2) is 3.56. The predicted molar refractivity (Wildman–Crippen MR) is 62.7 cm³/mol. The van der Waals surface area contributed by atoms with Crippen molar-refractivity contribution in [3.8, 4) is 22.6 Å². The minimum Gasteiger partial charge on any atom is -0.457 e. The molecule has 0 aromatic heterocycles. The Hall–Kier alpha value is -1.96. The van der Waals surface area contributed by atoms with E-state index >= 15 is 0 Å². The Morgan fingerprint density at radius 2 is 1.75 bits per heavy atom. The van der Waals surface area contributed by atoms with E-state index in [2.05, 4.69) is 31.2 Å².